The number of carboxylic acid groups (broad SMARTS) is 1. The summed E-state index contributed by atoms with van der Waals surface area (Å²) in [6.45, 7) is 6.71. The van der Waals surface area contributed by atoms with Crippen LogP contribution in [-0.4, -0.2) is 23.8 Å². The van der Waals surface area contributed by atoms with Crippen LogP contribution in [0.5, 0.6) is 0 Å². The van der Waals surface area contributed by atoms with Crippen LogP contribution in [-0.2, 0) is 9.53 Å². The molecular formula is C14H26O3. The number of aliphatic carboxylic acids is 1. The van der Waals surface area contributed by atoms with Crippen LogP contribution in [0.3, 0.4) is 0 Å². The Labute approximate surface area is 105 Å². The summed E-state index contributed by atoms with van der Waals surface area (Å²) in [7, 11) is 0. The maximum atomic E-state index is 11.6. The van der Waals surface area contributed by atoms with E-state index in [-0.39, 0.29) is 6.10 Å². The summed E-state index contributed by atoms with van der Waals surface area (Å²) in [6, 6.07) is 0. The molecule has 1 fully saturated rings. The van der Waals surface area contributed by atoms with Crippen molar-refractivity contribution in [2.75, 3.05) is 6.61 Å². The lowest BCUT2D eigenvalue weighted by Crippen LogP contribution is -2.37. The molecule has 100 valence electrons. The topological polar surface area (TPSA) is 46.5 Å². The number of carbonyl (C=O) groups is 1. The second-order valence-corrected chi connectivity index (χ2v) is 5.63. The molecule has 1 aliphatic rings. The summed E-state index contributed by atoms with van der Waals surface area (Å²) in [5.41, 5.74) is -0.520. The molecule has 2 unspecified atom stereocenters. The van der Waals surface area contributed by atoms with Gasteiger partial charge >= 0.3 is 5.97 Å². The molecule has 1 aliphatic carbocycles. The van der Waals surface area contributed by atoms with Gasteiger partial charge in [-0.05, 0) is 39.0 Å². The fourth-order valence-corrected chi connectivity index (χ4v) is 2.85. The molecule has 0 radical (unpaired) electrons. The summed E-state index contributed by atoms with van der Waals surface area (Å²) in [5, 5.41) is 9.51. The van der Waals surface area contributed by atoms with Gasteiger partial charge in [-0.1, -0.05) is 26.2 Å². The summed E-state index contributed by atoms with van der Waals surface area (Å²) in [4.78, 5) is 11.6. The highest BCUT2D eigenvalue weighted by atomic mass is 16.5. The van der Waals surface area contributed by atoms with Gasteiger partial charge in [-0.2, -0.15) is 0 Å². The molecule has 0 aromatic rings. The van der Waals surface area contributed by atoms with Crippen molar-refractivity contribution in [2.45, 2.75) is 65.4 Å². The van der Waals surface area contributed by atoms with Gasteiger partial charge < -0.3 is 9.84 Å². The van der Waals surface area contributed by atoms with Crippen molar-refractivity contribution in [3.05, 3.63) is 0 Å². The van der Waals surface area contributed by atoms with E-state index in [1.807, 2.05) is 13.8 Å². The third kappa shape index (κ3) is 3.98. The molecule has 1 rings (SSSR count). The molecule has 0 aromatic carbocycles. The number of hydrogen-bond acceptors (Lipinski definition) is 2. The average Bonchev–Trinajstić information content (AvgIpc) is 2.28. The summed E-state index contributed by atoms with van der Waals surface area (Å²) in [6.07, 6.45) is 5.84. The highest BCUT2D eigenvalue weighted by Gasteiger charge is 2.42. The van der Waals surface area contributed by atoms with Gasteiger partial charge in [-0.3, -0.25) is 4.79 Å². The molecule has 0 spiro atoms. The van der Waals surface area contributed by atoms with Gasteiger partial charge in [0.05, 0.1) is 11.5 Å². The molecule has 0 aromatic heterocycles. The Morgan fingerprint density at radius 1 is 1.53 bits per heavy atom. The molecule has 0 aliphatic heterocycles. The Balaban J connectivity index is 2.58. The van der Waals surface area contributed by atoms with Gasteiger partial charge in [0.25, 0.3) is 0 Å². The first kappa shape index (κ1) is 14.5. The summed E-state index contributed by atoms with van der Waals surface area (Å²) < 4.78 is 5.53. The zero-order valence-corrected chi connectivity index (χ0v) is 11.4. The first-order valence-corrected chi connectivity index (χ1v) is 6.85. The minimum absolute atomic E-state index is 0.186. The number of rotatable bonds is 6. The van der Waals surface area contributed by atoms with Crippen molar-refractivity contribution in [1.82, 2.24) is 0 Å². The predicted octanol–water partition coefficient (Wildman–Crippen LogP) is 3.47. The van der Waals surface area contributed by atoms with Crippen molar-refractivity contribution < 1.29 is 14.6 Å². The van der Waals surface area contributed by atoms with E-state index in [4.69, 9.17) is 4.74 Å². The Hall–Kier alpha value is -0.570. The molecule has 0 heterocycles. The van der Waals surface area contributed by atoms with Crippen LogP contribution >= 0.6 is 0 Å². The Kier molecular flexibility index (Phi) is 5.44. The summed E-state index contributed by atoms with van der Waals surface area (Å²) in [5.74, 6) is -0.0399. The van der Waals surface area contributed by atoms with Crippen molar-refractivity contribution in [3.8, 4) is 0 Å². The lowest BCUT2D eigenvalue weighted by molar-refractivity contribution is -0.154. The molecule has 1 saturated carbocycles. The van der Waals surface area contributed by atoms with Crippen molar-refractivity contribution in [1.29, 1.82) is 0 Å². The molecule has 0 saturated heterocycles. The zero-order chi connectivity index (χ0) is 12.9. The van der Waals surface area contributed by atoms with E-state index in [0.717, 1.165) is 25.7 Å². The molecule has 0 bridgehead atoms. The molecule has 2 atom stereocenters. The van der Waals surface area contributed by atoms with E-state index in [2.05, 4.69) is 6.92 Å². The lowest BCUT2D eigenvalue weighted by atomic mass is 9.67. The molecule has 1 N–H and O–H groups in total. The third-order valence-corrected chi connectivity index (χ3v) is 4.01. The maximum absolute atomic E-state index is 11.6. The van der Waals surface area contributed by atoms with Crippen LogP contribution in [0.15, 0.2) is 0 Å². The maximum Gasteiger partial charge on any atom is 0.309 e. The van der Waals surface area contributed by atoms with Crippen LogP contribution < -0.4 is 0 Å². The third-order valence-electron chi connectivity index (χ3n) is 4.01. The van der Waals surface area contributed by atoms with Crippen LogP contribution in [0, 0.1) is 11.3 Å². The number of carboxylic acids is 1. The summed E-state index contributed by atoms with van der Waals surface area (Å²) >= 11 is 0. The van der Waals surface area contributed by atoms with E-state index in [0.29, 0.717) is 18.9 Å². The van der Waals surface area contributed by atoms with Gasteiger partial charge in [-0.15, -0.1) is 0 Å². The standard InChI is InChI=1S/C14H26O3/c1-4-12-6-5-7-14(10-12,13(15)16)8-9-17-11(2)3/h11-12H,4-10H2,1-3H3,(H,15,16). The molecule has 17 heavy (non-hydrogen) atoms. The van der Waals surface area contributed by atoms with Crippen molar-refractivity contribution >= 4 is 5.97 Å². The molecule has 0 amide bonds. The van der Waals surface area contributed by atoms with E-state index >= 15 is 0 Å². The minimum atomic E-state index is -0.622. The first-order chi connectivity index (χ1) is 8.00. The number of ether oxygens (including phenoxy) is 1. The zero-order valence-electron chi connectivity index (χ0n) is 11.4. The first-order valence-electron chi connectivity index (χ1n) is 6.85. The van der Waals surface area contributed by atoms with Gasteiger partial charge in [0.1, 0.15) is 0 Å². The van der Waals surface area contributed by atoms with Crippen LogP contribution in [0.4, 0.5) is 0 Å². The van der Waals surface area contributed by atoms with Gasteiger partial charge in [-0.25, -0.2) is 0 Å². The van der Waals surface area contributed by atoms with E-state index in [1.165, 1.54) is 6.42 Å². The van der Waals surface area contributed by atoms with Crippen LogP contribution in [0.2, 0.25) is 0 Å². The van der Waals surface area contributed by atoms with Crippen LogP contribution in [0.1, 0.15) is 59.3 Å². The van der Waals surface area contributed by atoms with E-state index in [9.17, 15) is 9.90 Å². The van der Waals surface area contributed by atoms with Gasteiger partial charge in [0.2, 0.25) is 0 Å². The quantitative estimate of drug-likeness (QED) is 0.775. The van der Waals surface area contributed by atoms with Gasteiger partial charge in [0, 0.05) is 6.61 Å². The van der Waals surface area contributed by atoms with Crippen molar-refractivity contribution in [3.63, 3.8) is 0 Å². The normalized spacial score (nSPS) is 29.5. The second-order valence-electron chi connectivity index (χ2n) is 5.63. The number of hydrogen-bond donors (Lipinski definition) is 1. The fraction of sp³-hybridized carbons (Fsp3) is 0.929. The largest absolute Gasteiger partial charge is 0.481 e. The lowest BCUT2D eigenvalue weighted by Gasteiger charge is -2.37. The van der Waals surface area contributed by atoms with Crippen molar-refractivity contribution in [2.24, 2.45) is 11.3 Å². The van der Waals surface area contributed by atoms with E-state index < -0.39 is 11.4 Å². The highest BCUT2D eigenvalue weighted by molar-refractivity contribution is 5.74. The smallest absolute Gasteiger partial charge is 0.309 e. The fourth-order valence-electron chi connectivity index (χ4n) is 2.85. The Morgan fingerprint density at radius 3 is 2.76 bits per heavy atom. The van der Waals surface area contributed by atoms with Crippen LogP contribution in [0.25, 0.3) is 0 Å². The SMILES string of the molecule is CCC1CCCC(CCOC(C)C)(C(=O)O)C1. The Morgan fingerprint density at radius 2 is 2.24 bits per heavy atom. The minimum Gasteiger partial charge on any atom is -0.481 e. The second kappa shape index (κ2) is 6.39. The predicted molar refractivity (Wildman–Crippen MR) is 68.0 cm³/mol. The molecule has 3 nitrogen and oxygen atoms in total. The Bertz CT molecular complexity index is 250. The molecular weight excluding hydrogens is 216 g/mol. The highest BCUT2D eigenvalue weighted by Crippen LogP contribution is 2.43. The molecule has 3 heteroatoms. The monoisotopic (exact) mass is 242 g/mol. The van der Waals surface area contributed by atoms with E-state index in [1.54, 1.807) is 0 Å². The average molecular weight is 242 g/mol. The van der Waals surface area contributed by atoms with Gasteiger partial charge in [0.15, 0.2) is 0 Å².